The number of amides is 1. The first kappa shape index (κ1) is 17.9. The molecule has 1 saturated heterocycles. The molecule has 2 N–H and O–H groups in total. The summed E-state index contributed by atoms with van der Waals surface area (Å²) < 4.78 is 0.322. The SMILES string of the molecule is O=C(O)CCCN1C(=O)C(=Cc2ccc([N+](=O)[O-])c(O)c2)SC1=S. The molecule has 2 rings (SSSR count). The monoisotopic (exact) mass is 368 g/mol. The van der Waals surface area contributed by atoms with E-state index in [9.17, 15) is 24.8 Å². The molecule has 8 nitrogen and oxygen atoms in total. The summed E-state index contributed by atoms with van der Waals surface area (Å²) >= 11 is 6.17. The number of thioether (sulfide) groups is 1. The molecule has 1 amide bonds. The van der Waals surface area contributed by atoms with Crippen molar-refractivity contribution < 1.29 is 24.7 Å². The number of carbonyl (C=O) groups is 2. The lowest BCUT2D eigenvalue weighted by molar-refractivity contribution is -0.385. The van der Waals surface area contributed by atoms with Crippen molar-refractivity contribution in [1.29, 1.82) is 0 Å². The molecule has 0 unspecified atom stereocenters. The first-order valence-electron chi connectivity index (χ1n) is 6.74. The minimum absolute atomic E-state index is 0.0632. The predicted molar refractivity (Wildman–Crippen MR) is 91.5 cm³/mol. The Labute approximate surface area is 145 Å². The fraction of sp³-hybridized carbons (Fsp3) is 0.214. The first-order valence-corrected chi connectivity index (χ1v) is 7.96. The molecule has 126 valence electrons. The number of thiocarbonyl (C=S) groups is 1. The number of carbonyl (C=O) groups excluding carboxylic acids is 1. The number of benzene rings is 1. The van der Waals surface area contributed by atoms with Gasteiger partial charge in [-0.1, -0.05) is 24.0 Å². The van der Waals surface area contributed by atoms with Gasteiger partial charge < -0.3 is 10.2 Å². The summed E-state index contributed by atoms with van der Waals surface area (Å²) in [5, 5.41) is 28.9. The van der Waals surface area contributed by atoms with Gasteiger partial charge in [-0.05, 0) is 30.2 Å². The Balaban J connectivity index is 2.15. The van der Waals surface area contributed by atoms with Crippen LogP contribution in [0.25, 0.3) is 6.08 Å². The van der Waals surface area contributed by atoms with Crippen molar-refractivity contribution in [3.8, 4) is 5.75 Å². The molecule has 1 aliphatic rings. The fourth-order valence-corrected chi connectivity index (χ4v) is 3.33. The van der Waals surface area contributed by atoms with Crippen molar-refractivity contribution in [3.05, 3.63) is 38.8 Å². The van der Waals surface area contributed by atoms with Gasteiger partial charge in [0.05, 0.1) is 9.83 Å². The topological polar surface area (TPSA) is 121 Å². The lowest BCUT2D eigenvalue weighted by Gasteiger charge is -2.13. The zero-order chi connectivity index (χ0) is 17.9. The van der Waals surface area contributed by atoms with Gasteiger partial charge in [-0.25, -0.2) is 0 Å². The zero-order valence-corrected chi connectivity index (χ0v) is 13.8. The van der Waals surface area contributed by atoms with Crippen LogP contribution in [0.2, 0.25) is 0 Å². The lowest BCUT2D eigenvalue weighted by Crippen LogP contribution is -2.29. The number of nitro groups is 1. The molecule has 1 heterocycles. The van der Waals surface area contributed by atoms with E-state index in [4.69, 9.17) is 17.3 Å². The van der Waals surface area contributed by atoms with E-state index in [1.54, 1.807) is 0 Å². The molecule has 0 spiro atoms. The van der Waals surface area contributed by atoms with E-state index in [1.165, 1.54) is 23.1 Å². The molecule has 0 atom stereocenters. The second-order valence-corrected chi connectivity index (χ2v) is 6.51. The minimum Gasteiger partial charge on any atom is -0.502 e. The molecule has 1 aliphatic heterocycles. The highest BCUT2D eigenvalue weighted by atomic mass is 32.2. The number of hydrogen-bond donors (Lipinski definition) is 2. The second kappa shape index (κ2) is 7.41. The summed E-state index contributed by atoms with van der Waals surface area (Å²) in [6.07, 6.45) is 1.69. The van der Waals surface area contributed by atoms with E-state index >= 15 is 0 Å². The quantitative estimate of drug-likeness (QED) is 0.340. The highest BCUT2D eigenvalue weighted by molar-refractivity contribution is 8.26. The molecule has 1 aromatic carbocycles. The summed E-state index contributed by atoms with van der Waals surface area (Å²) in [6.45, 7) is 0.208. The standard InChI is InChI=1S/C14H12N2O6S2/c17-10-6-8(3-4-9(10)16(21)22)7-11-13(20)15(14(23)24-11)5-1-2-12(18)19/h3-4,6-7,17H,1-2,5H2,(H,18,19). The van der Waals surface area contributed by atoms with Crippen molar-refractivity contribution in [2.75, 3.05) is 6.54 Å². The lowest BCUT2D eigenvalue weighted by atomic mass is 10.1. The first-order chi connectivity index (χ1) is 11.3. The molecule has 0 radical (unpaired) electrons. The number of aliphatic carboxylic acids is 1. The Morgan fingerprint density at radius 3 is 2.75 bits per heavy atom. The average Bonchev–Trinajstić information content (AvgIpc) is 2.74. The van der Waals surface area contributed by atoms with E-state index in [1.807, 2.05) is 0 Å². The van der Waals surface area contributed by atoms with Gasteiger partial charge in [0.15, 0.2) is 5.75 Å². The average molecular weight is 368 g/mol. The number of nitrogens with zero attached hydrogens (tertiary/aromatic N) is 2. The van der Waals surface area contributed by atoms with Crippen molar-refractivity contribution in [2.45, 2.75) is 12.8 Å². The summed E-state index contributed by atoms with van der Waals surface area (Å²) in [6, 6.07) is 3.75. The van der Waals surface area contributed by atoms with Gasteiger partial charge >= 0.3 is 11.7 Å². The smallest absolute Gasteiger partial charge is 0.310 e. The van der Waals surface area contributed by atoms with Crippen LogP contribution >= 0.6 is 24.0 Å². The molecule has 10 heteroatoms. The van der Waals surface area contributed by atoms with Gasteiger partial charge in [-0.3, -0.25) is 24.6 Å². The Hall–Kier alpha value is -2.46. The third-order valence-electron chi connectivity index (χ3n) is 3.14. The number of phenolic OH excluding ortho intramolecular Hbond substituents is 1. The molecule has 0 saturated carbocycles. The van der Waals surface area contributed by atoms with Gasteiger partial charge in [-0.2, -0.15) is 0 Å². The zero-order valence-electron chi connectivity index (χ0n) is 12.2. The molecule has 0 aromatic heterocycles. The third-order valence-corrected chi connectivity index (χ3v) is 4.52. The maximum Gasteiger partial charge on any atom is 0.310 e. The van der Waals surface area contributed by atoms with Crippen LogP contribution in [-0.2, 0) is 9.59 Å². The van der Waals surface area contributed by atoms with Crippen LogP contribution in [0, 0.1) is 10.1 Å². The normalized spacial score (nSPS) is 16.0. The number of rotatable bonds is 6. The van der Waals surface area contributed by atoms with Crippen LogP contribution < -0.4 is 0 Å². The van der Waals surface area contributed by atoms with E-state index in [2.05, 4.69) is 0 Å². The van der Waals surface area contributed by atoms with E-state index in [0.717, 1.165) is 17.8 Å². The maximum absolute atomic E-state index is 12.3. The van der Waals surface area contributed by atoms with Crippen LogP contribution in [0.3, 0.4) is 0 Å². The van der Waals surface area contributed by atoms with Crippen molar-refractivity contribution in [3.63, 3.8) is 0 Å². The minimum atomic E-state index is -0.947. The number of carboxylic acid groups (broad SMARTS) is 1. The number of hydrogen-bond acceptors (Lipinski definition) is 7. The van der Waals surface area contributed by atoms with E-state index in [-0.39, 0.29) is 25.3 Å². The summed E-state index contributed by atoms with van der Waals surface area (Å²) in [7, 11) is 0. The highest BCUT2D eigenvalue weighted by Gasteiger charge is 2.31. The molecule has 1 fully saturated rings. The Kier molecular flexibility index (Phi) is 5.52. The Morgan fingerprint density at radius 1 is 1.46 bits per heavy atom. The second-order valence-electron chi connectivity index (χ2n) is 4.84. The largest absolute Gasteiger partial charge is 0.502 e. The Morgan fingerprint density at radius 2 is 2.17 bits per heavy atom. The number of nitro benzene ring substituents is 1. The third kappa shape index (κ3) is 4.09. The van der Waals surface area contributed by atoms with Crippen molar-refractivity contribution >= 4 is 51.9 Å². The van der Waals surface area contributed by atoms with Crippen LogP contribution in [0.5, 0.6) is 5.75 Å². The predicted octanol–water partition coefficient (Wildman–Crippen LogP) is 2.37. The summed E-state index contributed by atoms with van der Waals surface area (Å²) in [5.74, 6) is -1.80. The van der Waals surface area contributed by atoms with Gasteiger partial charge in [0.1, 0.15) is 4.32 Å². The number of carboxylic acids is 1. The van der Waals surface area contributed by atoms with E-state index in [0.29, 0.717) is 14.8 Å². The number of aromatic hydroxyl groups is 1. The molecular weight excluding hydrogens is 356 g/mol. The van der Waals surface area contributed by atoms with E-state index < -0.39 is 22.3 Å². The molecular formula is C14H12N2O6S2. The van der Waals surface area contributed by atoms with Crippen LogP contribution in [-0.4, -0.2) is 42.8 Å². The highest BCUT2D eigenvalue weighted by Crippen LogP contribution is 2.34. The molecule has 0 bridgehead atoms. The van der Waals surface area contributed by atoms with Gasteiger partial charge in [0.2, 0.25) is 0 Å². The summed E-state index contributed by atoms with van der Waals surface area (Å²) in [5.41, 5.74) is -0.00231. The summed E-state index contributed by atoms with van der Waals surface area (Å²) in [4.78, 5) is 34.4. The van der Waals surface area contributed by atoms with Gasteiger partial charge in [0, 0.05) is 19.0 Å². The van der Waals surface area contributed by atoms with Crippen LogP contribution in [0.1, 0.15) is 18.4 Å². The maximum atomic E-state index is 12.3. The van der Waals surface area contributed by atoms with Crippen molar-refractivity contribution in [1.82, 2.24) is 4.90 Å². The molecule has 24 heavy (non-hydrogen) atoms. The fourth-order valence-electron chi connectivity index (χ4n) is 2.02. The van der Waals surface area contributed by atoms with Crippen molar-refractivity contribution in [2.24, 2.45) is 0 Å². The number of phenols is 1. The van der Waals surface area contributed by atoms with Crippen LogP contribution in [0.4, 0.5) is 5.69 Å². The van der Waals surface area contributed by atoms with Gasteiger partial charge in [-0.15, -0.1) is 0 Å². The molecule has 1 aromatic rings. The Bertz CT molecular complexity index is 762. The molecule has 0 aliphatic carbocycles. The van der Waals surface area contributed by atoms with Gasteiger partial charge in [0.25, 0.3) is 5.91 Å². The van der Waals surface area contributed by atoms with Crippen LogP contribution in [0.15, 0.2) is 23.1 Å².